The molecule has 3 heteroatoms. The quantitative estimate of drug-likeness (QED) is 0.0407. The van der Waals surface area contributed by atoms with Crippen LogP contribution >= 0.6 is 0 Å². The Morgan fingerprint density at radius 1 is 0.678 bits per heavy atom. The molecule has 0 N–H and O–H groups in total. The van der Waals surface area contributed by atoms with E-state index in [9.17, 15) is 4.79 Å². The van der Waals surface area contributed by atoms with E-state index in [0.29, 0.717) is 30.4 Å². The predicted molar refractivity (Wildman–Crippen MR) is 253 cm³/mol. The number of ether oxygens (including phenoxy) is 2. The number of carbonyl (C=O) groups excluding carboxylic acids is 1. The van der Waals surface area contributed by atoms with E-state index in [2.05, 4.69) is 125 Å². The molecule has 310 valence electrons. The molecule has 0 radical (unpaired) electrons. The Morgan fingerprint density at radius 2 is 1.20 bits per heavy atom. The third-order valence-corrected chi connectivity index (χ3v) is 10.7. The maximum atomic E-state index is 12.2. The molecule has 0 atom stereocenters. The molecule has 0 amide bonds. The number of benzene rings is 5. The number of rotatable bonds is 17. The first-order valence-corrected chi connectivity index (χ1v) is 21.7. The number of aryl methyl sites for hydroxylation is 3. The summed E-state index contributed by atoms with van der Waals surface area (Å²) in [7, 11) is 0. The lowest BCUT2D eigenvalue weighted by Crippen LogP contribution is -2.15. The molecular formula is C56H68O3. The first-order valence-electron chi connectivity index (χ1n) is 21.7. The lowest BCUT2D eigenvalue weighted by Gasteiger charge is -2.27. The molecule has 0 spiro atoms. The molecule has 0 bridgehead atoms. The van der Waals surface area contributed by atoms with Crippen LogP contribution in [0, 0.1) is 24.7 Å². The lowest BCUT2D eigenvalue weighted by molar-refractivity contribution is 0.101. The minimum atomic E-state index is 0.0221. The van der Waals surface area contributed by atoms with Crippen molar-refractivity contribution in [3.05, 3.63) is 180 Å². The Balaban J connectivity index is 0.000000368. The average molecular weight is 789 g/mol. The number of allylic oxidation sites excluding steroid dienone is 2. The molecule has 0 aliphatic heterocycles. The van der Waals surface area contributed by atoms with Gasteiger partial charge in [0.15, 0.2) is 5.78 Å². The Hall–Kier alpha value is -5.59. The third kappa shape index (κ3) is 16.7. The van der Waals surface area contributed by atoms with Crippen molar-refractivity contribution in [3.8, 4) is 29.7 Å². The van der Waals surface area contributed by atoms with Crippen molar-refractivity contribution in [1.29, 1.82) is 0 Å². The Bertz CT molecular complexity index is 1960. The van der Waals surface area contributed by atoms with Gasteiger partial charge in [-0.15, -0.1) is 12.8 Å². The second-order valence-corrected chi connectivity index (χ2v) is 15.1. The first kappa shape index (κ1) is 47.8. The zero-order valence-corrected chi connectivity index (χ0v) is 36.6. The van der Waals surface area contributed by atoms with Gasteiger partial charge in [0.1, 0.15) is 12.4 Å². The van der Waals surface area contributed by atoms with E-state index >= 15 is 0 Å². The molecular weight excluding hydrogens is 721 g/mol. The summed E-state index contributed by atoms with van der Waals surface area (Å²) in [6.45, 7) is 19.5. The van der Waals surface area contributed by atoms with Crippen LogP contribution in [0.1, 0.15) is 118 Å². The second-order valence-electron chi connectivity index (χ2n) is 15.1. The van der Waals surface area contributed by atoms with E-state index in [4.69, 9.17) is 9.47 Å². The fraction of sp³-hybridized carbons (Fsp3) is 0.339. The van der Waals surface area contributed by atoms with E-state index in [1.807, 2.05) is 56.3 Å². The number of Topliss-reactive ketones (excluding diaryl/α,β-unsaturated/α-hetero) is 1. The van der Waals surface area contributed by atoms with Crippen LogP contribution in [-0.4, -0.2) is 12.4 Å². The van der Waals surface area contributed by atoms with Gasteiger partial charge in [-0.05, 0) is 114 Å². The summed E-state index contributed by atoms with van der Waals surface area (Å²) in [5, 5.41) is 0. The Morgan fingerprint density at radius 3 is 1.76 bits per heavy atom. The molecule has 1 saturated carbocycles. The summed E-state index contributed by atoms with van der Waals surface area (Å²) < 4.78 is 11.8. The van der Waals surface area contributed by atoms with Gasteiger partial charge in [-0.1, -0.05) is 175 Å². The molecule has 5 aromatic rings. The smallest absolute Gasteiger partial charge is 0.163 e. The summed E-state index contributed by atoms with van der Waals surface area (Å²) in [5.74, 6) is 3.13. The molecule has 6 rings (SSSR count). The molecule has 1 aliphatic carbocycles. The molecule has 0 unspecified atom stereocenters. The zero-order valence-electron chi connectivity index (χ0n) is 36.6. The summed E-state index contributed by atoms with van der Waals surface area (Å²) in [4.78, 5) is 12.2. The van der Waals surface area contributed by atoms with Crippen molar-refractivity contribution in [2.45, 2.75) is 105 Å². The lowest BCUT2D eigenvalue weighted by atomic mass is 9.82. The number of hydrogen-bond donors (Lipinski definition) is 0. The number of terminal acetylenes is 1. The van der Waals surface area contributed by atoms with E-state index < -0.39 is 0 Å². The molecule has 1 aliphatic rings. The van der Waals surface area contributed by atoms with Gasteiger partial charge in [-0.3, -0.25) is 4.79 Å². The summed E-state index contributed by atoms with van der Waals surface area (Å²) in [6, 6.07) is 44.5. The van der Waals surface area contributed by atoms with Gasteiger partial charge in [0.2, 0.25) is 0 Å². The fourth-order valence-corrected chi connectivity index (χ4v) is 7.16. The van der Waals surface area contributed by atoms with Crippen LogP contribution in [0.25, 0.3) is 16.7 Å². The largest absolute Gasteiger partial charge is 0.494 e. The van der Waals surface area contributed by atoms with Crippen molar-refractivity contribution in [1.82, 2.24) is 0 Å². The van der Waals surface area contributed by atoms with Crippen LogP contribution in [0.4, 0.5) is 0 Å². The van der Waals surface area contributed by atoms with Crippen LogP contribution in [-0.2, 0) is 30.6 Å². The molecule has 1 fully saturated rings. The predicted octanol–water partition coefficient (Wildman–Crippen LogP) is 15.0. The monoisotopic (exact) mass is 789 g/mol. The fourth-order valence-electron chi connectivity index (χ4n) is 7.16. The number of ketones is 1. The standard InChI is InChI=1S/C36H38O2.C16H22O.C2H6.C2H2/c1-4-9-27(2)34-23-24-36(35(26-34)28(3)37)38-25-8-10-29-13-15-30(16-14-29)17-18-31-19-21-33(22-20-31)32-11-6-5-7-12-32;1-13-8-10-16(11-9-13)14(2)17-12-15-6-4-3-5-7-15;2*1-2/h5-7,11-16,19-24,26H,2,4,8-10,17-18,25H2,1,3H3;3-7,13,16H,2,8-12H2,1H3;1-2H3;1-2H. The van der Waals surface area contributed by atoms with Crippen LogP contribution in [0.5, 0.6) is 5.75 Å². The highest BCUT2D eigenvalue weighted by Crippen LogP contribution is 2.33. The van der Waals surface area contributed by atoms with Gasteiger partial charge < -0.3 is 9.47 Å². The van der Waals surface area contributed by atoms with Gasteiger partial charge in [0.05, 0.1) is 17.9 Å². The normalized spacial score (nSPS) is 14.1. The van der Waals surface area contributed by atoms with Gasteiger partial charge in [-0.25, -0.2) is 0 Å². The molecule has 0 heterocycles. The highest BCUT2D eigenvalue weighted by atomic mass is 16.5. The van der Waals surface area contributed by atoms with Crippen LogP contribution in [0.3, 0.4) is 0 Å². The molecule has 59 heavy (non-hydrogen) atoms. The molecule has 0 saturated heterocycles. The van der Waals surface area contributed by atoms with E-state index in [1.165, 1.54) is 59.1 Å². The number of hydrogen-bond acceptors (Lipinski definition) is 3. The summed E-state index contributed by atoms with van der Waals surface area (Å²) >= 11 is 0. The van der Waals surface area contributed by atoms with Gasteiger partial charge >= 0.3 is 0 Å². The van der Waals surface area contributed by atoms with E-state index in [-0.39, 0.29) is 5.78 Å². The minimum Gasteiger partial charge on any atom is -0.494 e. The van der Waals surface area contributed by atoms with Crippen molar-refractivity contribution in [2.24, 2.45) is 11.8 Å². The van der Waals surface area contributed by atoms with Crippen molar-refractivity contribution < 1.29 is 14.3 Å². The molecule has 3 nitrogen and oxygen atoms in total. The summed E-state index contributed by atoms with van der Waals surface area (Å²) in [6.07, 6.45) is 19.0. The van der Waals surface area contributed by atoms with Crippen LogP contribution in [0.15, 0.2) is 146 Å². The molecule has 0 aromatic heterocycles. The Labute approximate surface area is 357 Å². The average Bonchev–Trinajstić information content (AvgIpc) is 3.29. The SMILES string of the molecule is C#C.C=C(CCC)c1ccc(OCCCc2ccc(CCc3ccc(-c4ccccc4)cc3)cc2)c(C(C)=O)c1.C=C(OCc1ccccc1)C1CCC(C)CC1.CC. The third-order valence-electron chi connectivity index (χ3n) is 10.7. The van der Waals surface area contributed by atoms with Crippen LogP contribution < -0.4 is 4.74 Å². The van der Waals surface area contributed by atoms with Crippen molar-refractivity contribution >= 4 is 11.4 Å². The highest BCUT2D eigenvalue weighted by molar-refractivity contribution is 5.97. The van der Waals surface area contributed by atoms with Crippen molar-refractivity contribution in [2.75, 3.05) is 6.61 Å². The van der Waals surface area contributed by atoms with Gasteiger partial charge in [0, 0.05) is 5.92 Å². The highest BCUT2D eigenvalue weighted by Gasteiger charge is 2.21. The van der Waals surface area contributed by atoms with Crippen LogP contribution in [0.2, 0.25) is 0 Å². The van der Waals surface area contributed by atoms with Gasteiger partial charge in [-0.2, -0.15) is 0 Å². The number of carbonyl (C=O) groups is 1. The summed E-state index contributed by atoms with van der Waals surface area (Å²) in [5.41, 5.74) is 10.5. The second kappa shape index (κ2) is 27.2. The first-order chi connectivity index (χ1) is 28.8. The van der Waals surface area contributed by atoms with Crippen molar-refractivity contribution in [3.63, 3.8) is 0 Å². The topological polar surface area (TPSA) is 35.5 Å². The van der Waals surface area contributed by atoms with Gasteiger partial charge in [0.25, 0.3) is 0 Å². The Kier molecular flexibility index (Phi) is 22.0. The van der Waals surface area contributed by atoms with E-state index in [1.54, 1.807) is 6.92 Å². The van der Waals surface area contributed by atoms with E-state index in [0.717, 1.165) is 61.3 Å². The minimum absolute atomic E-state index is 0.0221. The maximum absolute atomic E-state index is 12.2. The molecule has 5 aromatic carbocycles. The zero-order chi connectivity index (χ0) is 42.8. The maximum Gasteiger partial charge on any atom is 0.163 e.